The number of hydrogen-bond acceptors (Lipinski definition) is 5. The molecule has 3 rings (SSSR count). The molecule has 130 valence electrons. The number of ether oxygens (including phenoxy) is 1. The van der Waals surface area contributed by atoms with E-state index in [4.69, 9.17) is 16.2 Å². The van der Waals surface area contributed by atoms with Crippen molar-refractivity contribution in [2.75, 3.05) is 13.2 Å². The molecule has 0 saturated carbocycles. The SMILES string of the molecule is NCCC(N)(C(=O)O)C(=O)OCC1c2ccccc2-c2ccccc21. The van der Waals surface area contributed by atoms with Crippen molar-refractivity contribution in [1.29, 1.82) is 0 Å². The summed E-state index contributed by atoms with van der Waals surface area (Å²) in [6.07, 6.45) is -0.182. The lowest BCUT2D eigenvalue weighted by atomic mass is 9.96. The molecular weight excluding hydrogens is 320 g/mol. The van der Waals surface area contributed by atoms with Crippen molar-refractivity contribution in [3.05, 3.63) is 59.7 Å². The zero-order valence-electron chi connectivity index (χ0n) is 13.6. The van der Waals surface area contributed by atoms with Crippen LogP contribution in [-0.2, 0) is 14.3 Å². The van der Waals surface area contributed by atoms with Gasteiger partial charge >= 0.3 is 11.9 Å². The van der Waals surface area contributed by atoms with Gasteiger partial charge in [0.2, 0.25) is 5.54 Å². The first-order valence-electron chi connectivity index (χ1n) is 8.07. The molecule has 0 saturated heterocycles. The van der Waals surface area contributed by atoms with Gasteiger partial charge < -0.3 is 21.3 Å². The van der Waals surface area contributed by atoms with Crippen LogP contribution in [-0.4, -0.2) is 35.7 Å². The number of aliphatic carboxylic acids is 1. The van der Waals surface area contributed by atoms with Gasteiger partial charge in [-0.1, -0.05) is 48.5 Å². The molecule has 1 aliphatic carbocycles. The van der Waals surface area contributed by atoms with E-state index in [1.54, 1.807) is 0 Å². The van der Waals surface area contributed by atoms with E-state index in [-0.39, 0.29) is 25.5 Å². The van der Waals surface area contributed by atoms with Gasteiger partial charge in [0.15, 0.2) is 0 Å². The van der Waals surface area contributed by atoms with Crippen LogP contribution in [0.3, 0.4) is 0 Å². The Labute approximate surface area is 145 Å². The van der Waals surface area contributed by atoms with Gasteiger partial charge in [0, 0.05) is 5.92 Å². The third-order valence-electron chi connectivity index (χ3n) is 4.63. The average molecular weight is 340 g/mol. The largest absolute Gasteiger partial charge is 0.479 e. The molecule has 2 aromatic rings. The molecule has 0 aliphatic heterocycles. The number of carboxylic acids is 1. The lowest BCUT2D eigenvalue weighted by molar-refractivity contribution is -0.161. The highest BCUT2D eigenvalue weighted by atomic mass is 16.5. The maximum absolute atomic E-state index is 12.3. The number of carbonyl (C=O) groups excluding carboxylic acids is 1. The Kier molecular flexibility index (Phi) is 4.57. The predicted octanol–water partition coefficient (Wildman–Crippen LogP) is 1.47. The number of carbonyl (C=O) groups is 2. The highest BCUT2D eigenvalue weighted by Gasteiger charge is 2.44. The highest BCUT2D eigenvalue weighted by molar-refractivity contribution is 6.03. The molecule has 0 aromatic heterocycles. The summed E-state index contributed by atoms with van der Waals surface area (Å²) in [5, 5.41) is 9.26. The summed E-state index contributed by atoms with van der Waals surface area (Å²) in [7, 11) is 0. The van der Waals surface area contributed by atoms with Gasteiger partial charge in [-0.2, -0.15) is 0 Å². The first-order chi connectivity index (χ1) is 12.0. The lowest BCUT2D eigenvalue weighted by Gasteiger charge is -2.23. The summed E-state index contributed by atoms with van der Waals surface area (Å²) in [5.41, 5.74) is 13.3. The first kappa shape index (κ1) is 17.1. The van der Waals surface area contributed by atoms with Gasteiger partial charge in [0.05, 0.1) is 0 Å². The van der Waals surface area contributed by atoms with Crippen LogP contribution in [0.15, 0.2) is 48.5 Å². The molecule has 0 heterocycles. The lowest BCUT2D eigenvalue weighted by Crippen LogP contribution is -2.57. The Morgan fingerprint density at radius 2 is 1.56 bits per heavy atom. The number of hydrogen-bond donors (Lipinski definition) is 3. The van der Waals surface area contributed by atoms with Crippen LogP contribution in [0.2, 0.25) is 0 Å². The number of fused-ring (bicyclic) bond motifs is 3. The summed E-state index contributed by atoms with van der Waals surface area (Å²) >= 11 is 0. The molecule has 25 heavy (non-hydrogen) atoms. The molecule has 1 atom stereocenters. The fourth-order valence-corrected chi connectivity index (χ4v) is 3.25. The minimum absolute atomic E-state index is 0.0208. The summed E-state index contributed by atoms with van der Waals surface area (Å²) < 4.78 is 5.32. The second-order valence-corrected chi connectivity index (χ2v) is 6.14. The van der Waals surface area contributed by atoms with E-state index in [2.05, 4.69) is 0 Å². The van der Waals surface area contributed by atoms with Crippen LogP contribution in [0.1, 0.15) is 23.5 Å². The molecule has 5 N–H and O–H groups in total. The normalized spacial score (nSPS) is 15.1. The van der Waals surface area contributed by atoms with E-state index >= 15 is 0 Å². The fourth-order valence-electron chi connectivity index (χ4n) is 3.25. The van der Waals surface area contributed by atoms with Crippen LogP contribution < -0.4 is 11.5 Å². The predicted molar refractivity (Wildman–Crippen MR) is 92.9 cm³/mol. The third kappa shape index (κ3) is 2.90. The maximum Gasteiger partial charge on any atom is 0.337 e. The second kappa shape index (κ2) is 6.66. The van der Waals surface area contributed by atoms with Gasteiger partial charge in [0.25, 0.3) is 0 Å². The van der Waals surface area contributed by atoms with Crippen LogP contribution in [0, 0.1) is 0 Å². The highest BCUT2D eigenvalue weighted by Crippen LogP contribution is 2.44. The number of nitrogens with two attached hydrogens (primary N) is 2. The Morgan fingerprint density at radius 1 is 1.04 bits per heavy atom. The Morgan fingerprint density at radius 3 is 2.04 bits per heavy atom. The number of benzene rings is 2. The van der Waals surface area contributed by atoms with Crippen molar-refractivity contribution in [2.45, 2.75) is 17.9 Å². The van der Waals surface area contributed by atoms with E-state index in [0.29, 0.717) is 0 Å². The van der Waals surface area contributed by atoms with Gasteiger partial charge in [-0.15, -0.1) is 0 Å². The Bertz CT molecular complexity index is 775. The van der Waals surface area contributed by atoms with Crippen LogP contribution >= 0.6 is 0 Å². The van der Waals surface area contributed by atoms with Crippen molar-refractivity contribution in [3.8, 4) is 11.1 Å². The Hall–Kier alpha value is -2.70. The molecule has 1 unspecified atom stereocenters. The van der Waals surface area contributed by atoms with E-state index in [1.165, 1.54) is 0 Å². The first-order valence-corrected chi connectivity index (χ1v) is 8.07. The molecule has 6 heteroatoms. The zero-order chi connectivity index (χ0) is 18.0. The molecule has 0 amide bonds. The average Bonchev–Trinajstić information content (AvgIpc) is 2.93. The van der Waals surface area contributed by atoms with Gasteiger partial charge in [-0.25, -0.2) is 9.59 Å². The molecular formula is C19H20N2O4. The zero-order valence-corrected chi connectivity index (χ0v) is 13.6. The van der Waals surface area contributed by atoms with Crippen molar-refractivity contribution in [3.63, 3.8) is 0 Å². The van der Waals surface area contributed by atoms with Crippen LogP contribution in [0.5, 0.6) is 0 Å². The number of rotatable bonds is 6. The topological polar surface area (TPSA) is 116 Å². The molecule has 6 nitrogen and oxygen atoms in total. The number of esters is 1. The van der Waals surface area contributed by atoms with E-state index in [1.807, 2.05) is 48.5 Å². The van der Waals surface area contributed by atoms with Gasteiger partial charge in [-0.05, 0) is 35.2 Å². The summed E-state index contributed by atoms with van der Waals surface area (Å²) in [6, 6.07) is 15.8. The third-order valence-corrected chi connectivity index (χ3v) is 4.63. The monoisotopic (exact) mass is 340 g/mol. The van der Waals surface area contributed by atoms with Gasteiger partial charge in [-0.3, -0.25) is 0 Å². The molecule has 0 bridgehead atoms. The standard InChI is InChI=1S/C19H20N2O4/c20-10-9-19(21,17(22)23)18(24)25-11-16-14-7-3-1-5-12(14)13-6-2-4-8-15(13)16/h1-8,16H,9-11,20-21H2,(H,22,23). The van der Waals surface area contributed by atoms with Crippen molar-refractivity contribution < 1.29 is 19.4 Å². The van der Waals surface area contributed by atoms with E-state index in [0.717, 1.165) is 22.3 Å². The second-order valence-electron chi connectivity index (χ2n) is 6.14. The van der Waals surface area contributed by atoms with Gasteiger partial charge in [0.1, 0.15) is 6.61 Å². The van der Waals surface area contributed by atoms with E-state index in [9.17, 15) is 14.7 Å². The molecule has 0 radical (unpaired) electrons. The molecule has 0 fully saturated rings. The molecule has 1 aliphatic rings. The smallest absolute Gasteiger partial charge is 0.337 e. The summed E-state index contributed by atoms with van der Waals surface area (Å²) in [6.45, 7) is 0.0106. The maximum atomic E-state index is 12.3. The van der Waals surface area contributed by atoms with Crippen LogP contribution in [0.25, 0.3) is 11.1 Å². The number of carboxylic acid groups (broad SMARTS) is 1. The summed E-state index contributed by atoms with van der Waals surface area (Å²) in [5.74, 6) is -2.55. The van der Waals surface area contributed by atoms with E-state index < -0.39 is 17.5 Å². The fraction of sp³-hybridized carbons (Fsp3) is 0.263. The minimum Gasteiger partial charge on any atom is -0.479 e. The van der Waals surface area contributed by atoms with Crippen molar-refractivity contribution >= 4 is 11.9 Å². The molecule has 0 spiro atoms. The van der Waals surface area contributed by atoms with Crippen LogP contribution in [0.4, 0.5) is 0 Å². The van der Waals surface area contributed by atoms with Crippen molar-refractivity contribution in [1.82, 2.24) is 0 Å². The summed E-state index contributed by atoms with van der Waals surface area (Å²) in [4.78, 5) is 23.7. The molecule has 2 aromatic carbocycles. The minimum atomic E-state index is -2.12. The quantitative estimate of drug-likeness (QED) is 0.542. The van der Waals surface area contributed by atoms with Crippen molar-refractivity contribution in [2.24, 2.45) is 11.5 Å². The Balaban J connectivity index is 1.84.